The van der Waals surface area contributed by atoms with Gasteiger partial charge in [0.25, 0.3) is 5.92 Å². The molecule has 0 radical (unpaired) electrons. The van der Waals surface area contributed by atoms with Crippen molar-refractivity contribution in [3.8, 4) is 5.88 Å². The minimum Gasteiger partial charge on any atom is -0.474 e. The highest BCUT2D eigenvalue weighted by atomic mass is 19.3. The fraction of sp³-hybridized carbons (Fsp3) is 0.294. The number of morpholine rings is 1. The van der Waals surface area contributed by atoms with Crippen molar-refractivity contribution in [3.63, 3.8) is 0 Å². The monoisotopic (exact) mass is 627 g/mol. The van der Waals surface area contributed by atoms with E-state index in [4.69, 9.17) is 9.47 Å². The Labute approximate surface area is 264 Å². The van der Waals surface area contributed by atoms with Gasteiger partial charge in [-0.05, 0) is 55.3 Å². The molecule has 0 saturated carbocycles. The largest absolute Gasteiger partial charge is 0.474 e. The lowest BCUT2D eigenvalue weighted by atomic mass is 10.1. The van der Waals surface area contributed by atoms with Gasteiger partial charge < -0.3 is 25.1 Å². The maximum Gasteiger partial charge on any atom is 0.266 e. The van der Waals surface area contributed by atoms with Crippen LogP contribution in [0.4, 0.5) is 26.1 Å². The lowest BCUT2D eigenvalue weighted by Crippen LogP contribution is -2.36. The van der Waals surface area contributed by atoms with E-state index in [1.54, 1.807) is 6.07 Å². The number of alkyl halides is 2. The SMILES string of the molecule is O=C(C=CC(F)(F)CCCCN1CCOCC1)Nc1cc2c(Nc3ccc4[nH]c(OCc5ccccc5)cc4c3)ncnc2cn1. The Morgan fingerprint density at radius 3 is 2.74 bits per heavy atom. The van der Waals surface area contributed by atoms with Crippen molar-refractivity contribution in [2.75, 3.05) is 43.5 Å². The Kier molecular flexibility index (Phi) is 9.75. The highest BCUT2D eigenvalue weighted by molar-refractivity contribution is 6.01. The van der Waals surface area contributed by atoms with Gasteiger partial charge in [0, 0.05) is 53.6 Å². The van der Waals surface area contributed by atoms with Crippen LogP contribution in [0.3, 0.4) is 0 Å². The first-order valence-electron chi connectivity index (χ1n) is 15.3. The fourth-order valence-corrected chi connectivity index (χ4v) is 5.23. The number of carbonyl (C=O) groups excluding carboxylic acids is 1. The van der Waals surface area contributed by atoms with Crippen molar-refractivity contribution in [1.29, 1.82) is 0 Å². The number of anilines is 3. The molecule has 2 aromatic carbocycles. The molecule has 4 heterocycles. The molecule has 0 bridgehead atoms. The van der Waals surface area contributed by atoms with Crippen LogP contribution in [0, 0.1) is 0 Å². The molecule has 1 saturated heterocycles. The standard InChI is InChI=1S/C34H35F2N7O3/c35-34(36,11-4-5-13-43-14-16-45-17-15-43)12-10-31(44)42-30-20-27-29(21-37-30)38-23-39-33(27)40-26-8-9-28-25(18-26)19-32(41-28)46-22-24-6-2-1-3-7-24/h1-3,6-10,12,18-21,23,41H,4-5,11,13-17,22H2,(H,37,42,44)(H,38,39,40). The Morgan fingerprint density at radius 2 is 1.89 bits per heavy atom. The molecule has 3 aromatic heterocycles. The second kappa shape index (κ2) is 14.4. The molecule has 1 amide bonds. The summed E-state index contributed by atoms with van der Waals surface area (Å²) in [6, 6.07) is 19.3. The van der Waals surface area contributed by atoms with E-state index in [0.717, 1.165) is 47.9 Å². The maximum atomic E-state index is 14.4. The van der Waals surface area contributed by atoms with Crippen LogP contribution in [0.2, 0.25) is 0 Å². The van der Waals surface area contributed by atoms with E-state index in [0.29, 0.717) is 61.3 Å². The van der Waals surface area contributed by atoms with E-state index in [2.05, 4.69) is 35.5 Å². The predicted octanol–water partition coefficient (Wildman–Crippen LogP) is 6.46. The number of nitrogens with one attached hydrogen (secondary N) is 3. The number of aromatic nitrogens is 4. The number of ether oxygens (including phenoxy) is 2. The number of carbonyl (C=O) groups is 1. The number of fused-ring (bicyclic) bond motifs is 2. The van der Waals surface area contributed by atoms with Gasteiger partial charge in [-0.2, -0.15) is 0 Å². The van der Waals surface area contributed by atoms with Gasteiger partial charge in [0.1, 0.15) is 24.6 Å². The summed E-state index contributed by atoms with van der Waals surface area (Å²) in [5.41, 5.74) is 3.32. The van der Waals surface area contributed by atoms with Crippen molar-refractivity contribution < 1.29 is 23.0 Å². The summed E-state index contributed by atoms with van der Waals surface area (Å²) in [5.74, 6) is -2.44. The molecule has 3 N–H and O–H groups in total. The Morgan fingerprint density at radius 1 is 1.04 bits per heavy atom. The van der Waals surface area contributed by atoms with Crippen LogP contribution in [0.5, 0.6) is 5.88 Å². The highest BCUT2D eigenvalue weighted by Crippen LogP contribution is 2.29. The third-order valence-corrected chi connectivity index (χ3v) is 7.69. The van der Waals surface area contributed by atoms with Crippen LogP contribution in [0.1, 0.15) is 24.8 Å². The molecule has 10 nitrogen and oxygen atoms in total. The minimum absolute atomic E-state index is 0.190. The van der Waals surface area contributed by atoms with Gasteiger partial charge in [0.05, 0.1) is 24.9 Å². The first kappa shape index (κ1) is 31.1. The summed E-state index contributed by atoms with van der Waals surface area (Å²) < 4.78 is 40.1. The maximum absolute atomic E-state index is 14.4. The minimum atomic E-state index is -3.08. The Balaban J connectivity index is 1.06. The molecule has 1 aliphatic heterocycles. The number of nitrogens with zero attached hydrogens (tertiary/aromatic N) is 4. The van der Waals surface area contributed by atoms with E-state index in [-0.39, 0.29) is 12.2 Å². The van der Waals surface area contributed by atoms with E-state index in [1.165, 1.54) is 12.5 Å². The lowest BCUT2D eigenvalue weighted by molar-refractivity contribution is -0.112. The summed E-state index contributed by atoms with van der Waals surface area (Å²) in [6.45, 7) is 4.25. The number of pyridine rings is 1. The molecule has 238 valence electrons. The molecule has 1 fully saturated rings. The smallest absolute Gasteiger partial charge is 0.266 e. The molecular formula is C34H35F2N7O3. The predicted molar refractivity (Wildman–Crippen MR) is 174 cm³/mol. The van der Waals surface area contributed by atoms with E-state index >= 15 is 0 Å². The van der Waals surface area contributed by atoms with Crippen molar-refractivity contribution in [2.24, 2.45) is 0 Å². The van der Waals surface area contributed by atoms with Crippen LogP contribution in [-0.4, -0.2) is 69.5 Å². The van der Waals surface area contributed by atoms with Crippen LogP contribution >= 0.6 is 0 Å². The zero-order valence-corrected chi connectivity index (χ0v) is 25.2. The molecule has 6 rings (SSSR count). The molecule has 5 aromatic rings. The second-order valence-electron chi connectivity index (χ2n) is 11.1. The number of hydrogen-bond donors (Lipinski definition) is 3. The average molecular weight is 628 g/mol. The molecule has 12 heteroatoms. The Hall–Kier alpha value is -4.94. The van der Waals surface area contributed by atoms with Crippen molar-refractivity contribution >= 4 is 45.0 Å². The molecule has 1 aliphatic rings. The summed E-state index contributed by atoms with van der Waals surface area (Å²) in [6.07, 6.45) is 5.13. The third kappa shape index (κ3) is 8.40. The van der Waals surface area contributed by atoms with Gasteiger partial charge in [-0.1, -0.05) is 30.3 Å². The van der Waals surface area contributed by atoms with Crippen LogP contribution in [0.25, 0.3) is 21.8 Å². The fourth-order valence-electron chi connectivity index (χ4n) is 5.23. The molecule has 46 heavy (non-hydrogen) atoms. The number of benzene rings is 2. The molecule has 0 atom stereocenters. The summed E-state index contributed by atoms with van der Waals surface area (Å²) in [7, 11) is 0. The number of allylic oxidation sites excluding steroid dienone is 1. The van der Waals surface area contributed by atoms with Gasteiger partial charge in [0.2, 0.25) is 5.91 Å². The van der Waals surface area contributed by atoms with Gasteiger partial charge in [-0.3, -0.25) is 9.69 Å². The van der Waals surface area contributed by atoms with Crippen molar-refractivity contribution in [3.05, 3.63) is 90.9 Å². The van der Waals surface area contributed by atoms with E-state index in [1.807, 2.05) is 54.6 Å². The van der Waals surface area contributed by atoms with Crippen molar-refractivity contribution in [1.82, 2.24) is 24.8 Å². The molecule has 0 aliphatic carbocycles. The zero-order chi connectivity index (χ0) is 31.8. The molecule has 0 spiro atoms. The topological polar surface area (TPSA) is 117 Å². The van der Waals surface area contributed by atoms with Crippen LogP contribution < -0.4 is 15.4 Å². The zero-order valence-electron chi connectivity index (χ0n) is 25.2. The number of aromatic amines is 1. The molecular weight excluding hydrogens is 592 g/mol. The van der Waals surface area contributed by atoms with Gasteiger partial charge in [-0.15, -0.1) is 0 Å². The second-order valence-corrected chi connectivity index (χ2v) is 11.1. The van der Waals surface area contributed by atoms with E-state index < -0.39 is 11.8 Å². The third-order valence-electron chi connectivity index (χ3n) is 7.69. The Bertz CT molecular complexity index is 1810. The average Bonchev–Trinajstić information content (AvgIpc) is 3.48. The highest BCUT2D eigenvalue weighted by Gasteiger charge is 2.25. The lowest BCUT2D eigenvalue weighted by Gasteiger charge is -2.26. The first-order valence-corrected chi connectivity index (χ1v) is 15.3. The summed E-state index contributed by atoms with van der Waals surface area (Å²) in [5, 5.41) is 7.42. The van der Waals surface area contributed by atoms with Gasteiger partial charge in [0.15, 0.2) is 5.88 Å². The van der Waals surface area contributed by atoms with E-state index in [9.17, 15) is 13.6 Å². The quantitative estimate of drug-likeness (QED) is 0.101. The van der Waals surface area contributed by atoms with Crippen LogP contribution in [-0.2, 0) is 16.1 Å². The normalized spacial score (nSPS) is 14.2. The van der Waals surface area contributed by atoms with Gasteiger partial charge >= 0.3 is 0 Å². The number of hydrogen-bond acceptors (Lipinski definition) is 8. The number of unbranched alkanes of at least 4 members (excludes halogenated alkanes) is 1. The first-order chi connectivity index (χ1) is 22.4. The number of amides is 1. The summed E-state index contributed by atoms with van der Waals surface area (Å²) >= 11 is 0. The number of H-pyrrole nitrogens is 1. The molecule has 0 unspecified atom stereocenters. The van der Waals surface area contributed by atoms with Crippen molar-refractivity contribution in [2.45, 2.75) is 31.8 Å². The van der Waals surface area contributed by atoms with Gasteiger partial charge in [-0.25, -0.2) is 23.7 Å². The number of halogens is 2. The number of rotatable bonds is 13. The van der Waals surface area contributed by atoms with Crippen LogP contribution in [0.15, 0.2) is 85.3 Å². The summed E-state index contributed by atoms with van der Waals surface area (Å²) in [4.78, 5) is 30.9.